The van der Waals surface area contributed by atoms with Crippen LogP contribution in [0.2, 0.25) is 10.0 Å². The fourth-order valence-corrected chi connectivity index (χ4v) is 2.02. The van der Waals surface area contributed by atoms with Crippen molar-refractivity contribution in [2.24, 2.45) is 0 Å². The molecule has 0 aliphatic carbocycles. The summed E-state index contributed by atoms with van der Waals surface area (Å²) in [7, 11) is 0. The average molecular weight is 276 g/mol. The van der Waals surface area contributed by atoms with E-state index in [-0.39, 0.29) is 5.12 Å². The maximum absolute atomic E-state index is 10.7. The normalized spacial score (nSPS) is 10.9. The summed E-state index contributed by atoms with van der Waals surface area (Å²) in [5, 5.41) is 1.06. The van der Waals surface area contributed by atoms with E-state index in [1.54, 1.807) is 12.1 Å². The fourth-order valence-electron chi connectivity index (χ4n) is 1.08. The molecular weight excluding hydrogens is 265 g/mol. The molecule has 2 nitrogen and oxygen atoms in total. The molecule has 0 amide bonds. The highest BCUT2D eigenvalue weighted by Gasteiger charge is 2.02. The smallest absolute Gasteiger partial charge is 0.186 e. The zero-order valence-corrected chi connectivity index (χ0v) is 11.0. The van der Waals surface area contributed by atoms with Gasteiger partial charge in [0.2, 0.25) is 0 Å². The molecule has 5 heteroatoms. The van der Waals surface area contributed by atoms with Gasteiger partial charge in [0.25, 0.3) is 0 Å². The first-order valence-electron chi connectivity index (χ1n) is 4.55. The van der Waals surface area contributed by atoms with Crippen LogP contribution in [0.3, 0.4) is 0 Å². The second-order valence-electron chi connectivity index (χ2n) is 3.10. The molecule has 1 aromatic rings. The molecule has 0 unspecified atom stereocenters. The van der Waals surface area contributed by atoms with Crippen molar-refractivity contribution in [1.82, 2.24) is 0 Å². The standard InChI is InChI=1S/C11H11Cl2NOS/c1-7(15)16-4-2-3-8-5-9(12)6-10(13)11(8)14/h2-3,5-6H,4,14H2,1H3. The summed E-state index contributed by atoms with van der Waals surface area (Å²) in [5.41, 5.74) is 7.04. The zero-order chi connectivity index (χ0) is 12.1. The van der Waals surface area contributed by atoms with Crippen LogP contribution in [-0.2, 0) is 4.79 Å². The molecule has 0 saturated heterocycles. The molecule has 0 radical (unpaired) electrons. The number of carbonyl (C=O) groups is 1. The highest BCUT2D eigenvalue weighted by molar-refractivity contribution is 8.13. The number of nitrogens with two attached hydrogens (primary N) is 1. The van der Waals surface area contributed by atoms with E-state index in [4.69, 9.17) is 28.9 Å². The third-order valence-electron chi connectivity index (χ3n) is 1.81. The van der Waals surface area contributed by atoms with E-state index in [9.17, 15) is 4.79 Å². The van der Waals surface area contributed by atoms with Crippen molar-refractivity contribution in [2.45, 2.75) is 6.92 Å². The lowest BCUT2D eigenvalue weighted by atomic mass is 10.1. The van der Waals surface area contributed by atoms with E-state index in [1.807, 2.05) is 12.2 Å². The summed E-state index contributed by atoms with van der Waals surface area (Å²) < 4.78 is 0. The van der Waals surface area contributed by atoms with Crippen molar-refractivity contribution in [3.8, 4) is 0 Å². The zero-order valence-electron chi connectivity index (χ0n) is 8.67. The Balaban J connectivity index is 2.77. The van der Waals surface area contributed by atoms with Gasteiger partial charge in [-0.15, -0.1) is 0 Å². The molecule has 0 aliphatic heterocycles. The lowest BCUT2D eigenvalue weighted by Gasteiger charge is -2.03. The quantitative estimate of drug-likeness (QED) is 0.852. The van der Waals surface area contributed by atoms with E-state index >= 15 is 0 Å². The third kappa shape index (κ3) is 4.08. The lowest BCUT2D eigenvalue weighted by Crippen LogP contribution is -1.91. The molecule has 0 heterocycles. The maximum Gasteiger partial charge on any atom is 0.186 e. The molecule has 16 heavy (non-hydrogen) atoms. The van der Waals surface area contributed by atoms with Crippen molar-refractivity contribution in [2.75, 3.05) is 11.5 Å². The number of nitrogen functional groups attached to an aromatic ring is 1. The van der Waals surface area contributed by atoms with Gasteiger partial charge in [-0.1, -0.05) is 47.1 Å². The molecule has 0 bridgehead atoms. The third-order valence-corrected chi connectivity index (χ3v) is 3.10. The molecule has 0 aromatic heterocycles. The van der Waals surface area contributed by atoms with Crippen LogP contribution in [0, 0.1) is 0 Å². The van der Waals surface area contributed by atoms with E-state index in [1.165, 1.54) is 18.7 Å². The predicted molar refractivity (Wildman–Crippen MR) is 73.0 cm³/mol. The topological polar surface area (TPSA) is 43.1 Å². The molecule has 0 spiro atoms. The molecule has 0 aliphatic rings. The molecular formula is C11H11Cl2NOS. The Morgan fingerprint density at radius 3 is 2.81 bits per heavy atom. The molecule has 0 fully saturated rings. The molecule has 1 aromatic carbocycles. The predicted octanol–water partition coefficient (Wildman–Crippen LogP) is 3.87. The van der Waals surface area contributed by atoms with Crippen molar-refractivity contribution >= 4 is 51.8 Å². The van der Waals surface area contributed by atoms with Crippen molar-refractivity contribution in [3.63, 3.8) is 0 Å². The van der Waals surface area contributed by atoms with Gasteiger partial charge in [-0.3, -0.25) is 4.79 Å². The van der Waals surface area contributed by atoms with Gasteiger partial charge < -0.3 is 5.73 Å². The summed E-state index contributed by atoms with van der Waals surface area (Å²) in [6.45, 7) is 1.53. The lowest BCUT2D eigenvalue weighted by molar-refractivity contribution is -0.109. The van der Waals surface area contributed by atoms with Crippen molar-refractivity contribution in [1.29, 1.82) is 0 Å². The van der Waals surface area contributed by atoms with Crippen LogP contribution in [0.1, 0.15) is 12.5 Å². The summed E-state index contributed by atoms with van der Waals surface area (Å²) in [4.78, 5) is 10.7. The van der Waals surface area contributed by atoms with Gasteiger partial charge >= 0.3 is 0 Å². The Kier molecular flexibility index (Phi) is 5.19. The van der Waals surface area contributed by atoms with Crippen LogP contribution in [0.15, 0.2) is 18.2 Å². The first-order chi connectivity index (χ1) is 7.50. The van der Waals surface area contributed by atoms with Crippen LogP contribution < -0.4 is 5.73 Å². The summed E-state index contributed by atoms with van der Waals surface area (Å²) >= 11 is 13.0. The van der Waals surface area contributed by atoms with E-state index in [0.29, 0.717) is 21.5 Å². The van der Waals surface area contributed by atoms with Crippen LogP contribution in [-0.4, -0.2) is 10.9 Å². The van der Waals surface area contributed by atoms with Crippen molar-refractivity contribution in [3.05, 3.63) is 33.8 Å². The minimum absolute atomic E-state index is 0.0850. The summed E-state index contributed by atoms with van der Waals surface area (Å²) in [6, 6.07) is 3.33. The first-order valence-corrected chi connectivity index (χ1v) is 6.29. The Morgan fingerprint density at radius 1 is 1.50 bits per heavy atom. The number of hydrogen-bond donors (Lipinski definition) is 1. The van der Waals surface area contributed by atoms with Gasteiger partial charge in [-0.05, 0) is 12.1 Å². The fraction of sp³-hybridized carbons (Fsp3) is 0.182. The molecule has 0 atom stereocenters. The van der Waals surface area contributed by atoms with E-state index in [2.05, 4.69) is 0 Å². The molecule has 86 valence electrons. The number of carbonyl (C=O) groups excluding carboxylic acids is 1. The van der Waals surface area contributed by atoms with E-state index in [0.717, 1.165) is 5.56 Å². The number of thioether (sulfide) groups is 1. The van der Waals surface area contributed by atoms with Crippen LogP contribution >= 0.6 is 35.0 Å². The van der Waals surface area contributed by atoms with Crippen LogP contribution in [0.4, 0.5) is 5.69 Å². The van der Waals surface area contributed by atoms with Crippen molar-refractivity contribution < 1.29 is 4.79 Å². The van der Waals surface area contributed by atoms with Gasteiger partial charge in [0.15, 0.2) is 5.12 Å². The minimum atomic E-state index is 0.0850. The number of benzene rings is 1. The Bertz CT molecular complexity index is 432. The highest BCUT2D eigenvalue weighted by atomic mass is 35.5. The first kappa shape index (κ1) is 13.4. The monoisotopic (exact) mass is 275 g/mol. The van der Waals surface area contributed by atoms with Gasteiger partial charge in [0.05, 0.1) is 10.7 Å². The Labute approximate surface area is 109 Å². The summed E-state index contributed by atoms with van der Waals surface area (Å²) in [5.74, 6) is 0.610. The SMILES string of the molecule is CC(=O)SCC=Cc1cc(Cl)cc(Cl)c1N. The molecule has 0 saturated carbocycles. The van der Waals surface area contributed by atoms with Gasteiger partial charge in [0, 0.05) is 23.3 Å². The largest absolute Gasteiger partial charge is 0.397 e. The van der Waals surface area contributed by atoms with Gasteiger partial charge in [0.1, 0.15) is 0 Å². The number of anilines is 1. The molecule has 2 N–H and O–H groups in total. The number of hydrogen-bond acceptors (Lipinski definition) is 3. The maximum atomic E-state index is 10.7. The summed E-state index contributed by atoms with van der Waals surface area (Å²) in [6.07, 6.45) is 3.66. The Morgan fingerprint density at radius 2 is 2.19 bits per heavy atom. The minimum Gasteiger partial charge on any atom is -0.397 e. The molecule has 1 rings (SSSR count). The highest BCUT2D eigenvalue weighted by Crippen LogP contribution is 2.28. The van der Waals surface area contributed by atoms with Gasteiger partial charge in [-0.25, -0.2) is 0 Å². The number of halogens is 2. The average Bonchev–Trinajstić information content (AvgIpc) is 2.19. The van der Waals surface area contributed by atoms with E-state index < -0.39 is 0 Å². The second-order valence-corrected chi connectivity index (χ2v) is 5.14. The van der Waals surface area contributed by atoms with Gasteiger partial charge in [-0.2, -0.15) is 0 Å². The second kappa shape index (κ2) is 6.18. The Hall–Kier alpha value is -0.640. The van der Waals surface area contributed by atoms with Crippen LogP contribution in [0.25, 0.3) is 6.08 Å². The number of rotatable bonds is 3. The van der Waals surface area contributed by atoms with Crippen LogP contribution in [0.5, 0.6) is 0 Å².